The number of carbonyl (C=O) groups is 3. The predicted octanol–water partition coefficient (Wildman–Crippen LogP) is 1.09. The van der Waals surface area contributed by atoms with Crippen LogP contribution in [0.4, 0.5) is 4.79 Å². The lowest BCUT2D eigenvalue weighted by Crippen LogP contribution is -2.33. The van der Waals surface area contributed by atoms with E-state index in [1.165, 1.54) is 4.90 Å². The first-order chi connectivity index (χ1) is 8.06. The molecule has 0 saturated carbocycles. The van der Waals surface area contributed by atoms with Gasteiger partial charge >= 0.3 is 18.0 Å². The van der Waals surface area contributed by atoms with E-state index in [0.717, 1.165) is 0 Å². The van der Waals surface area contributed by atoms with Crippen LogP contribution >= 0.6 is 0 Å². The molecule has 0 aliphatic carbocycles. The van der Waals surface area contributed by atoms with Crippen molar-refractivity contribution in [2.24, 2.45) is 0 Å². The van der Waals surface area contributed by atoms with Gasteiger partial charge in [-0.25, -0.2) is 9.59 Å². The molecule has 0 radical (unpaired) electrons. The number of cyclic esters (lactones) is 2. The minimum Gasteiger partial charge on any atom is -0.466 e. The van der Waals surface area contributed by atoms with Crippen molar-refractivity contribution in [3.63, 3.8) is 0 Å². The first-order valence-electron chi connectivity index (χ1n) is 5.74. The summed E-state index contributed by atoms with van der Waals surface area (Å²) in [6, 6.07) is -0.523. The highest BCUT2D eigenvalue weighted by Gasteiger charge is 2.37. The van der Waals surface area contributed by atoms with Crippen molar-refractivity contribution in [1.29, 1.82) is 0 Å². The number of unbranched alkanes of at least 4 members (excludes halogenated alkanes) is 1. The maximum atomic E-state index is 11.2. The summed E-state index contributed by atoms with van der Waals surface area (Å²) in [5, 5.41) is 0. The van der Waals surface area contributed by atoms with Gasteiger partial charge in [-0.2, -0.15) is 0 Å². The standard InChI is InChI=1S/C11H17NO5/c1-3-16-9(13)6-4-5-7-12-8(2)10(14)17-11(12)15/h8H,3-7H2,1-2H3/t8-/m0/s1. The van der Waals surface area contributed by atoms with Crippen LogP contribution in [0.25, 0.3) is 0 Å². The number of esters is 2. The van der Waals surface area contributed by atoms with Crippen LogP contribution in [-0.4, -0.2) is 42.1 Å². The third-order valence-corrected chi connectivity index (χ3v) is 2.57. The topological polar surface area (TPSA) is 72.9 Å². The Balaban J connectivity index is 2.21. The minimum atomic E-state index is -0.598. The highest BCUT2D eigenvalue weighted by Crippen LogP contribution is 2.14. The van der Waals surface area contributed by atoms with Gasteiger partial charge in [0.1, 0.15) is 6.04 Å². The molecule has 1 heterocycles. The average molecular weight is 243 g/mol. The van der Waals surface area contributed by atoms with Gasteiger partial charge in [0.15, 0.2) is 0 Å². The first kappa shape index (κ1) is 13.5. The lowest BCUT2D eigenvalue weighted by molar-refractivity contribution is -0.143. The Labute approximate surface area is 99.9 Å². The molecule has 1 amide bonds. The van der Waals surface area contributed by atoms with E-state index in [0.29, 0.717) is 32.4 Å². The SMILES string of the molecule is CCOC(=O)CCCCN1C(=O)OC(=O)[C@@H]1C. The Morgan fingerprint density at radius 3 is 2.65 bits per heavy atom. The molecule has 6 nitrogen and oxygen atoms in total. The van der Waals surface area contributed by atoms with Crippen LogP contribution in [0.1, 0.15) is 33.1 Å². The molecule has 0 spiro atoms. The molecule has 0 aromatic rings. The molecular weight excluding hydrogens is 226 g/mol. The maximum absolute atomic E-state index is 11.2. The average Bonchev–Trinajstić information content (AvgIpc) is 2.50. The lowest BCUT2D eigenvalue weighted by Gasteiger charge is -2.15. The molecule has 0 bridgehead atoms. The van der Waals surface area contributed by atoms with Gasteiger partial charge in [-0.3, -0.25) is 9.69 Å². The Morgan fingerprint density at radius 2 is 2.12 bits per heavy atom. The van der Waals surface area contributed by atoms with Crippen LogP contribution in [0, 0.1) is 0 Å². The number of amides is 1. The van der Waals surface area contributed by atoms with Gasteiger partial charge in [0.05, 0.1) is 6.61 Å². The molecule has 1 aliphatic rings. The van der Waals surface area contributed by atoms with E-state index in [-0.39, 0.29) is 5.97 Å². The van der Waals surface area contributed by atoms with Crippen LogP contribution in [0.15, 0.2) is 0 Å². The summed E-state index contributed by atoms with van der Waals surface area (Å²) in [6.45, 7) is 4.18. The fraction of sp³-hybridized carbons (Fsp3) is 0.727. The summed E-state index contributed by atoms with van der Waals surface area (Å²) < 4.78 is 9.23. The quantitative estimate of drug-likeness (QED) is 0.396. The van der Waals surface area contributed by atoms with Crippen LogP contribution in [0.2, 0.25) is 0 Å². The van der Waals surface area contributed by atoms with E-state index in [9.17, 15) is 14.4 Å². The molecule has 17 heavy (non-hydrogen) atoms. The molecule has 0 unspecified atom stereocenters. The lowest BCUT2D eigenvalue weighted by atomic mass is 10.2. The molecule has 0 aromatic heterocycles. The van der Waals surface area contributed by atoms with E-state index in [1.807, 2.05) is 0 Å². The monoisotopic (exact) mass is 243 g/mol. The summed E-state index contributed by atoms with van der Waals surface area (Å²) in [7, 11) is 0. The zero-order chi connectivity index (χ0) is 12.8. The normalized spacial score (nSPS) is 19.4. The first-order valence-corrected chi connectivity index (χ1v) is 5.74. The molecule has 0 N–H and O–H groups in total. The Bertz CT molecular complexity index is 315. The van der Waals surface area contributed by atoms with Crippen molar-refractivity contribution in [2.75, 3.05) is 13.2 Å². The van der Waals surface area contributed by atoms with Crippen molar-refractivity contribution in [3.8, 4) is 0 Å². The Morgan fingerprint density at radius 1 is 1.41 bits per heavy atom. The van der Waals surface area contributed by atoms with E-state index in [2.05, 4.69) is 4.74 Å². The highest BCUT2D eigenvalue weighted by molar-refractivity contribution is 5.95. The molecule has 96 valence electrons. The maximum Gasteiger partial charge on any atom is 0.418 e. The zero-order valence-electron chi connectivity index (χ0n) is 10.1. The molecule has 1 rings (SSSR count). The van der Waals surface area contributed by atoms with Gasteiger partial charge < -0.3 is 9.47 Å². The van der Waals surface area contributed by atoms with Crippen molar-refractivity contribution in [2.45, 2.75) is 39.2 Å². The molecule has 1 fully saturated rings. The number of hydrogen-bond donors (Lipinski definition) is 0. The molecule has 1 atom stereocenters. The molecule has 1 aliphatic heterocycles. The smallest absolute Gasteiger partial charge is 0.418 e. The van der Waals surface area contributed by atoms with Crippen molar-refractivity contribution in [1.82, 2.24) is 4.90 Å². The fourth-order valence-corrected chi connectivity index (χ4v) is 1.58. The zero-order valence-corrected chi connectivity index (χ0v) is 10.1. The van der Waals surface area contributed by atoms with Crippen molar-refractivity contribution in [3.05, 3.63) is 0 Å². The summed E-state index contributed by atoms with van der Waals surface area (Å²) in [4.78, 5) is 34.7. The second kappa shape index (κ2) is 6.22. The molecular formula is C11H17NO5. The second-order valence-corrected chi connectivity index (χ2v) is 3.82. The summed E-state index contributed by atoms with van der Waals surface area (Å²) in [5.41, 5.74) is 0. The van der Waals surface area contributed by atoms with Gasteiger partial charge in [0, 0.05) is 13.0 Å². The Kier molecular flexibility index (Phi) is 4.93. The molecule has 0 aromatic carbocycles. The van der Waals surface area contributed by atoms with Gasteiger partial charge in [-0.1, -0.05) is 0 Å². The second-order valence-electron chi connectivity index (χ2n) is 3.82. The number of carbonyl (C=O) groups excluding carboxylic acids is 3. The number of nitrogens with zero attached hydrogens (tertiary/aromatic N) is 1. The fourth-order valence-electron chi connectivity index (χ4n) is 1.58. The van der Waals surface area contributed by atoms with E-state index >= 15 is 0 Å². The predicted molar refractivity (Wildman–Crippen MR) is 58.1 cm³/mol. The number of hydrogen-bond acceptors (Lipinski definition) is 5. The van der Waals surface area contributed by atoms with Gasteiger partial charge in [0.25, 0.3) is 0 Å². The Hall–Kier alpha value is -1.59. The van der Waals surface area contributed by atoms with Gasteiger partial charge in [-0.05, 0) is 26.7 Å². The van der Waals surface area contributed by atoms with Crippen LogP contribution in [-0.2, 0) is 19.1 Å². The third-order valence-electron chi connectivity index (χ3n) is 2.57. The molecule has 6 heteroatoms. The highest BCUT2D eigenvalue weighted by atomic mass is 16.6. The number of ether oxygens (including phenoxy) is 2. The van der Waals surface area contributed by atoms with E-state index < -0.39 is 18.1 Å². The largest absolute Gasteiger partial charge is 0.466 e. The van der Waals surface area contributed by atoms with Gasteiger partial charge in [0.2, 0.25) is 0 Å². The summed E-state index contributed by atoms with van der Waals surface area (Å²) in [5.74, 6) is -0.749. The number of rotatable bonds is 6. The minimum absolute atomic E-state index is 0.236. The van der Waals surface area contributed by atoms with Crippen LogP contribution in [0.5, 0.6) is 0 Å². The van der Waals surface area contributed by atoms with Crippen LogP contribution < -0.4 is 0 Å². The van der Waals surface area contributed by atoms with Crippen LogP contribution in [0.3, 0.4) is 0 Å². The third kappa shape index (κ3) is 3.72. The van der Waals surface area contributed by atoms with Crippen molar-refractivity contribution >= 4 is 18.0 Å². The van der Waals surface area contributed by atoms with Gasteiger partial charge in [-0.15, -0.1) is 0 Å². The van der Waals surface area contributed by atoms with E-state index in [1.54, 1.807) is 13.8 Å². The van der Waals surface area contributed by atoms with E-state index in [4.69, 9.17) is 4.74 Å². The molecule has 1 saturated heterocycles. The van der Waals surface area contributed by atoms with Crippen molar-refractivity contribution < 1.29 is 23.9 Å². The summed E-state index contributed by atoms with van der Waals surface area (Å²) in [6.07, 6.45) is 1.01. The summed E-state index contributed by atoms with van der Waals surface area (Å²) >= 11 is 0.